The van der Waals surface area contributed by atoms with E-state index in [9.17, 15) is 8.42 Å². The first kappa shape index (κ1) is 20.0. The van der Waals surface area contributed by atoms with Crippen LogP contribution in [0.25, 0.3) is 0 Å². The molecule has 0 aromatic heterocycles. The Labute approximate surface area is 171 Å². The Hall–Kier alpha value is -0.730. The van der Waals surface area contributed by atoms with Crippen LogP contribution in [0.3, 0.4) is 0 Å². The Bertz CT molecular complexity index is 897. The second-order valence-corrected chi connectivity index (χ2v) is 10.6. The topological polar surface area (TPSA) is 52.6 Å². The molecule has 1 aliphatic rings. The summed E-state index contributed by atoms with van der Waals surface area (Å²) < 4.78 is 35.8. The summed E-state index contributed by atoms with van der Waals surface area (Å²) in [6.07, 6.45) is 0. The average molecular weight is 451 g/mol. The van der Waals surface area contributed by atoms with Crippen molar-refractivity contribution in [2.24, 2.45) is 0 Å². The molecule has 140 valence electrons. The van der Waals surface area contributed by atoms with Crippen molar-refractivity contribution >= 4 is 56.8 Å². The molecule has 9 heteroatoms. The van der Waals surface area contributed by atoms with E-state index in [1.54, 1.807) is 18.2 Å². The number of thioether (sulfide) groups is 2. The van der Waals surface area contributed by atoms with Crippen molar-refractivity contribution in [3.63, 3.8) is 0 Å². The molecule has 0 bridgehead atoms. The number of hydrogen-bond donors (Lipinski definition) is 0. The highest BCUT2D eigenvalue weighted by molar-refractivity contribution is 8.19. The molecule has 1 fully saturated rings. The van der Waals surface area contributed by atoms with E-state index in [1.807, 2.05) is 35.7 Å². The number of halogens is 2. The lowest BCUT2D eigenvalue weighted by atomic mass is 10.2. The van der Waals surface area contributed by atoms with E-state index in [0.29, 0.717) is 25.9 Å². The van der Waals surface area contributed by atoms with Crippen LogP contribution in [-0.4, -0.2) is 27.0 Å². The van der Waals surface area contributed by atoms with Crippen molar-refractivity contribution in [2.75, 3.05) is 18.6 Å². The van der Waals surface area contributed by atoms with E-state index in [4.69, 9.17) is 32.1 Å². The molecule has 0 radical (unpaired) electrons. The molecule has 2 aromatic rings. The van der Waals surface area contributed by atoms with Gasteiger partial charge < -0.3 is 8.92 Å². The Morgan fingerprint density at radius 3 is 2.42 bits per heavy atom. The SMILES string of the molecule is COc1cc(C2SCCS2)ccc1OS(=O)(=O)Cc1ccc(Cl)c(Cl)c1. The van der Waals surface area contributed by atoms with Crippen molar-refractivity contribution in [1.29, 1.82) is 0 Å². The van der Waals surface area contributed by atoms with Crippen molar-refractivity contribution in [2.45, 2.75) is 10.3 Å². The van der Waals surface area contributed by atoms with Gasteiger partial charge in [-0.1, -0.05) is 35.3 Å². The van der Waals surface area contributed by atoms with Gasteiger partial charge in [0.1, 0.15) is 5.75 Å². The van der Waals surface area contributed by atoms with Gasteiger partial charge in [-0.2, -0.15) is 8.42 Å². The van der Waals surface area contributed by atoms with Crippen molar-refractivity contribution in [3.05, 3.63) is 57.6 Å². The Morgan fingerprint density at radius 2 is 1.77 bits per heavy atom. The van der Waals surface area contributed by atoms with Gasteiger partial charge in [-0.05, 0) is 35.4 Å². The second-order valence-electron chi connectivity index (χ2n) is 5.52. The molecule has 0 atom stereocenters. The quantitative estimate of drug-likeness (QED) is 0.549. The number of rotatable bonds is 6. The molecule has 26 heavy (non-hydrogen) atoms. The molecule has 0 unspecified atom stereocenters. The van der Waals surface area contributed by atoms with E-state index in [2.05, 4.69) is 0 Å². The summed E-state index contributed by atoms with van der Waals surface area (Å²) in [7, 11) is -2.38. The lowest BCUT2D eigenvalue weighted by Gasteiger charge is -2.14. The van der Waals surface area contributed by atoms with Crippen LogP contribution in [0.15, 0.2) is 36.4 Å². The minimum absolute atomic E-state index is 0.171. The van der Waals surface area contributed by atoms with E-state index in [0.717, 1.165) is 17.1 Å². The molecule has 0 N–H and O–H groups in total. The first-order chi connectivity index (χ1) is 12.4. The maximum atomic E-state index is 12.4. The predicted molar refractivity (Wildman–Crippen MR) is 110 cm³/mol. The summed E-state index contributed by atoms with van der Waals surface area (Å²) in [5, 5.41) is 0.668. The van der Waals surface area contributed by atoms with Crippen LogP contribution in [0.5, 0.6) is 11.5 Å². The maximum Gasteiger partial charge on any atom is 0.313 e. The lowest BCUT2D eigenvalue weighted by molar-refractivity contribution is 0.390. The van der Waals surface area contributed by atoms with Gasteiger partial charge in [-0.25, -0.2) is 0 Å². The van der Waals surface area contributed by atoms with E-state index in [1.165, 1.54) is 13.2 Å². The van der Waals surface area contributed by atoms with E-state index >= 15 is 0 Å². The van der Waals surface area contributed by atoms with Crippen LogP contribution in [0.1, 0.15) is 15.7 Å². The highest BCUT2D eigenvalue weighted by atomic mass is 35.5. The summed E-state index contributed by atoms with van der Waals surface area (Å²) in [5.41, 5.74) is 1.58. The molecular weight excluding hydrogens is 435 g/mol. The molecule has 4 nitrogen and oxygen atoms in total. The fourth-order valence-corrected chi connectivity index (χ4v) is 6.67. The van der Waals surface area contributed by atoms with Gasteiger partial charge in [0.2, 0.25) is 0 Å². The van der Waals surface area contributed by atoms with Crippen LogP contribution in [0.4, 0.5) is 0 Å². The van der Waals surface area contributed by atoms with Gasteiger partial charge in [-0.3, -0.25) is 0 Å². The summed E-state index contributed by atoms with van der Waals surface area (Å²) in [6, 6.07) is 10.0. The largest absolute Gasteiger partial charge is 0.493 e. The summed E-state index contributed by atoms with van der Waals surface area (Å²) in [4.78, 5) is 0. The van der Waals surface area contributed by atoms with E-state index in [-0.39, 0.29) is 11.5 Å². The molecule has 0 spiro atoms. The zero-order chi connectivity index (χ0) is 18.7. The van der Waals surface area contributed by atoms with Crippen molar-refractivity contribution in [1.82, 2.24) is 0 Å². The molecule has 2 aromatic carbocycles. The summed E-state index contributed by atoms with van der Waals surface area (Å²) in [5.74, 6) is 2.46. The highest BCUT2D eigenvalue weighted by Gasteiger charge is 2.22. The average Bonchev–Trinajstić information content (AvgIpc) is 3.12. The Balaban J connectivity index is 1.78. The normalized spacial score (nSPS) is 15.2. The van der Waals surface area contributed by atoms with Gasteiger partial charge in [0.25, 0.3) is 0 Å². The number of benzene rings is 2. The van der Waals surface area contributed by atoms with Crippen molar-refractivity contribution in [3.8, 4) is 11.5 Å². The zero-order valence-corrected chi connectivity index (χ0v) is 17.7. The van der Waals surface area contributed by atoms with Gasteiger partial charge in [0, 0.05) is 11.5 Å². The molecule has 1 saturated heterocycles. The van der Waals surface area contributed by atoms with Gasteiger partial charge in [0.05, 0.1) is 21.7 Å². The monoisotopic (exact) mass is 450 g/mol. The fourth-order valence-electron chi connectivity index (χ4n) is 2.45. The molecule has 0 saturated carbocycles. The Morgan fingerprint density at radius 1 is 1.04 bits per heavy atom. The van der Waals surface area contributed by atoms with Crippen LogP contribution in [-0.2, 0) is 15.9 Å². The smallest absolute Gasteiger partial charge is 0.313 e. The lowest BCUT2D eigenvalue weighted by Crippen LogP contribution is -2.13. The maximum absolute atomic E-state index is 12.4. The standard InChI is InChI=1S/C17H16Cl2O4S3/c1-22-16-9-12(17-24-6-7-25-17)3-5-15(16)23-26(20,21)10-11-2-4-13(18)14(19)8-11/h2-5,8-9,17H,6-7,10H2,1H3. The molecule has 1 aliphatic heterocycles. The van der Waals surface area contributed by atoms with Crippen LogP contribution >= 0.6 is 46.7 Å². The third kappa shape index (κ3) is 4.95. The number of hydrogen-bond acceptors (Lipinski definition) is 6. The number of ether oxygens (including phenoxy) is 1. The minimum atomic E-state index is -3.87. The third-order valence-corrected chi connectivity index (χ3v) is 8.59. The van der Waals surface area contributed by atoms with Crippen LogP contribution in [0.2, 0.25) is 10.0 Å². The zero-order valence-electron chi connectivity index (χ0n) is 13.8. The summed E-state index contributed by atoms with van der Waals surface area (Å²) in [6.45, 7) is 0. The highest BCUT2D eigenvalue weighted by Crippen LogP contribution is 2.47. The minimum Gasteiger partial charge on any atom is -0.493 e. The fraction of sp³-hybridized carbons (Fsp3) is 0.294. The predicted octanol–water partition coefficient (Wildman–Crippen LogP) is 5.39. The summed E-state index contributed by atoms with van der Waals surface area (Å²) >= 11 is 15.5. The third-order valence-electron chi connectivity index (χ3n) is 3.63. The first-order valence-corrected chi connectivity index (χ1v) is 12.1. The van der Waals surface area contributed by atoms with Crippen molar-refractivity contribution < 1.29 is 17.3 Å². The molecule has 3 rings (SSSR count). The van der Waals surface area contributed by atoms with E-state index < -0.39 is 10.1 Å². The number of methoxy groups -OCH3 is 1. The molecular formula is C17H16Cl2O4S3. The molecule has 1 heterocycles. The first-order valence-electron chi connectivity index (χ1n) is 7.65. The van der Waals surface area contributed by atoms with Crippen LogP contribution < -0.4 is 8.92 Å². The van der Waals surface area contributed by atoms with Crippen LogP contribution in [0, 0.1) is 0 Å². The Kier molecular flexibility index (Phi) is 6.56. The molecule has 0 amide bonds. The molecule has 0 aliphatic carbocycles. The van der Waals surface area contributed by atoms with Gasteiger partial charge in [0.15, 0.2) is 11.5 Å². The van der Waals surface area contributed by atoms with Gasteiger partial charge >= 0.3 is 10.1 Å². The van der Waals surface area contributed by atoms with Gasteiger partial charge in [-0.15, -0.1) is 23.5 Å². The second kappa shape index (κ2) is 8.52.